The minimum absolute atomic E-state index is 0.245. The molecule has 0 aliphatic carbocycles. The molecule has 5 heteroatoms. The summed E-state index contributed by atoms with van der Waals surface area (Å²) in [6.45, 7) is 5.80. The molecule has 1 aliphatic heterocycles. The van der Waals surface area contributed by atoms with Gasteiger partial charge in [-0.3, -0.25) is 0 Å². The van der Waals surface area contributed by atoms with Crippen molar-refractivity contribution >= 4 is 15.9 Å². The second-order valence-electron chi connectivity index (χ2n) is 4.94. The third-order valence-electron chi connectivity index (χ3n) is 3.17. The lowest BCUT2D eigenvalue weighted by Crippen LogP contribution is -2.22. The summed E-state index contributed by atoms with van der Waals surface area (Å²) in [5.41, 5.74) is 1.90. The second kappa shape index (κ2) is 6.11. The quantitative estimate of drug-likeness (QED) is 0.891. The SMILES string of the molecule is CNCC(O)c1c(Br)cc2c(c1C(C)C)OCCO2. The Labute approximate surface area is 122 Å². The van der Waals surface area contributed by atoms with E-state index in [4.69, 9.17) is 9.47 Å². The van der Waals surface area contributed by atoms with Crippen LogP contribution in [-0.4, -0.2) is 31.9 Å². The van der Waals surface area contributed by atoms with Crippen molar-refractivity contribution in [2.24, 2.45) is 0 Å². The lowest BCUT2D eigenvalue weighted by atomic mass is 9.92. The molecule has 1 atom stereocenters. The Morgan fingerprint density at radius 2 is 2.00 bits per heavy atom. The van der Waals surface area contributed by atoms with Crippen molar-refractivity contribution in [2.75, 3.05) is 26.8 Å². The molecular weight excluding hydrogens is 310 g/mol. The maximum atomic E-state index is 10.3. The van der Waals surface area contributed by atoms with Gasteiger partial charge in [0.15, 0.2) is 11.5 Å². The van der Waals surface area contributed by atoms with Gasteiger partial charge in [0, 0.05) is 22.1 Å². The molecule has 0 saturated carbocycles. The van der Waals surface area contributed by atoms with Crippen molar-refractivity contribution in [1.29, 1.82) is 0 Å². The Bertz CT molecular complexity index is 462. The predicted octanol–water partition coefficient (Wildman–Crippen LogP) is 2.60. The zero-order valence-electron chi connectivity index (χ0n) is 11.5. The number of aliphatic hydroxyl groups is 1. The van der Waals surface area contributed by atoms with Crippen molar-refractivity contribution in [3.05, 3.63) is 21.7 Å². The molecular formula is C14H20BrNO3. The van der Waals surface area contributed by atoms with Crippen LogP contribution in [0.2, 0.25) is 0 Å². The van der Waals surface area contributed by atoms with Crippen molar-refractivity contribution < 1.29 is 14.6 Å². The molecule has 4 nitrogen and oxygen atoms in total. The highest BCUT2D eigenvalue weighted by Gasteiger charge is 2.27. The highest BCUT2D eigenvalue weighted by atomic mass is 79.9. The van der Waals surface area contributed by atoms with Crippen LogP contribution in [0.25, 0.3) is 0 Å². The number of likely N-dealkylation sites (N-methyl/N-ethyl adjacent to an activating group) is 1. The number of fused-ring (bicyclic) bond motifs is 1. The number of hydrogen-bond donors (Lipinski definition) is 2. The van der Waals surface area contributed by atoms with E-state index in [1.807, 2.05) is 13.1 Å². The van der Waals surface area contributed by atoms with Crippen LogP contribution in [0.1, 0.15) is 37.0 Å². The highest BCUT2D eigenvalue weighted by molar-refractivity contribution is 9.10. The number of benzene rings is 1. The van der Waals surface area contributed by atoms with Crippen molar-refractivity contribution in [1.82, 2.24) is 5.32 Å². The highest BCUT2D eigenvalue weighted by Crippen LogP contribution is 2.45. The zero-order valence-corrected chi connectivity index (χ0v) is 13.1. The van der Waals surface area contributed by atoms with E-state index in [1.54, 1.807) is 0 Å². The fraction of sp³-hybridized carbons (Fsp3) is 0.571. The molecule has 2 N–H and O–H groups in total. The van der Waals surface area contributed by atoms with Gasteiger partial charge in [-0.1, -0.05) is 29.8 Å². The fourth-order valence-corrected chi connectivity index (χ4v) is 3.09. The van der Waals surface area contributed by atoms with Crippen LogP contribution in [0.4, 0.5) is 0 Å². The van der Waals surface area contributed by atoms with Gasteiger partial charge in [0.05, 0.1) is 6.10 Å². The van der Waals surface area contributed by atoms with Gasteiger partial charge in [-0.05, 0) is 19.0 Å². The molecule has 0 bridgehead atoms. The van der Waals surface area contributed by atoms with E-state index in [-0.39, 0.29) is 5.92 Å². The molecule has 0 saturated heterocycles. The normalized spacial score (nSPS) is 15.7. The molecule has 1 heterocycles. The van der Waals surface area contributed by atoms with Gasteiger partial charge >= 0.3 is 0 Å². The summed E-state index contributed by atoms with van der Waals surface area (Å²) in [5.74, 6) is 1.77. The maximum absolute atomic E-state index is 10.3. The van der Waals surface area contributed by atoms with Crippen LogP contribution in [0.5, 0.6) is 11.5 Å². The minimum atomic E-state index is -0.576. The molecule has 0 fully saturated rings. The van der Waals surface area contributed by atoms with Gasteiger partial charge in [0.25, 0.3) is 0 Å². The molecule has 1 aromatic carbocycles. The number of aliphatic hydroxyl groups excluding tert-OH is 1. The number of ether oxygens (including phenoxy) is 2. The smallest absolute Gasteiger partial charge is 0.165 e. The Kier molecular flexibility index (Phi) is 4.71. The van der Waals surface area contributed by atoms with E-state index >= 15 is 0 Å². The van der Waals surface area contributed by atoms with E-state index in [0.717, 1.165) is 27.1 Å². The summed E-state index contributed by atoms with van der Waals surface area (Å²) in [6.07, 6.45) is -0.576. The molecule has 19 heavy (non-hydrogen) atoms. The van der Waals surface area contributed by atoms with E-state index in [1.165, 1.54) is 0 Å². The summed E-state index contributed by atoms with van der Waals surface area (Å²) in [6, 6.07) is 1.88. The third kappa shape index (κ3) is 2.88. The van der Waals surface area contributed by atoms with E-state index in [0.29, 0.717) is 19.8 Å². The van der Waals surface area contributed by atoms with Crippen LogP contribution in [-0.2, 0) is 0 Å². The lowest BCUT2D eigenvalue weighted by molar-refractivity contribution is 0.160. The zero-order chi connectivity index (χ0) is 14.0. The predicted molar refractivity (Wildman–Crippen MR) is 78.1 cm³/mol. The van der Waals surface area contributed by atoms with Crippen LogP contribution in [0.3, 0.4) is 0 Å². The summed E-state index contributed by atoms with van der Waals surface area (Å²) < 4.78 is 12.3. The van der Waals surface area contributed by atoms with Gasteiger partial charge in [-0.25, -0.2) is 0 Å². The van der Waals surface area contributed by atoms with Crippen molar-refractivity contribution in [2.45, 2.75) is 25.9 Å². The largest absolute Gasteiger partial charge is 0.486 e. The van der Waals surface area contributed by atoms with Gasteiger partial charge in [-0.15, -0.1) is 0 Å². The molecule has 1 unspecified atom stereocenters. The average Bonchev–Trinajstić information content (AvgIpc) is 2.37. The molecule has 0 amide bonds. The average molecular weight is 330 g/mol. The second-order valence-corrected chi connectivity index (χ2v) is 5.79. The number of rotatable bonds is 4. The summed E-state index contributed by atoms with van der Waals surface area (Å²) in [5, 5.41) is 13.3. The standard InChI is InChI=1S/C14H20BrNO3/c1-8(2)12-13(10(17)7-16-3)9(15)6-11-14(12)19-5-4-18-11/h6,8,10,16-17H,4-5,7H2,1-3H3. The van der Waals surface area contributed by atoms with Gasteiger partial charge in [-0.2, -0.15) is 0 Å². The Hall–Kier alpha value is -0.780. The van der Waals surface area contributed by atoms with Crippen LogP contribution in [0, 0.1) is 0 Å². The fourth-order valence-electron chi connectivity index (χ4n) is 2.40. The Morgan fingerprint density at radius 1 is 1.32 bits per heavy atom. The molecule has 106 valence electrons. The minimum Gasteiger partial charge on any atom is -0.486 e. The van der Waals surface area contributed by atoms with Gasteiger partial charge < -0.3 is 19.9 Å². The van der Waals surface area contributed by atoms with Crippen molar-refractivity contribution in [3.63, 3.8) is 0 Å². The lowest BCUT2D eigenvalue weighted by Gasteiger charge is -2.27. The molecule has 0 spiro atoms. The Morgan fingerprint density at radius 3 is 2.63 bits per heavy atom. The summed E-state index contributed by atoms with van der Waals surface area (Å²) in [7, 11) is 1.82. The first-order valence-electron chi connectivity index (χ1n) is 6.50. The summed E-state index contributed by atoms with van der Waals surface area (Å²) >= 11 is 3.54. The van der Waals surface area contributed by atoms with Crippen LogP contribution < -0.4 is 14.8 Å². The topological polar surface area (TPSA) is 50.7 Å². The maximum Gasteiger partial charge on any atom is 0.165 e. The molecule has 2 rings (SSSR count). The van der Waals surface area contributed by atoms with E-state index in [9.17, 15) is 5.11 Å². The Balaban J connectivity index is 2.57. The van der Waals surface area contributed by atoms with E-state index < -0.39 is 6.10 Å². The third-order valence-corrected chi connectivity index (χ3v) is 3.83. The number of halogens is 1. The first-order chi connectivity index (χ1) is 9.06. The van der Waals surface area contributed by atoms with Gasteiger partial charge in [0.2, 0.25) is 0 Å². The monoisotopic (exact) mass is 329 g/mol. The molecule has 1 aliphatic rings. The van der Waals surface area contributed by atoms with Gasteiger partial charge in [0.1, 0.15) is 13.2 Å². The first-order valence-corrected chi connectivity index (χ1v) is 7.30. The van der Waals surface area contributed by atoms with Crippen molar-refractivity contribution in [3.8, 4) is 11.5 Å². The van der Waals surface area contributed by atoms with Crippen LogP contribution in [0.15, 0.2) is 10.5 Å². The molecule has 1 aromatic rings. The number of nitrogens with one attached hydrogen (secondary N) is 1. The molecule has 0 aromatic heterocycles. The number of hydrogen-bond acceptors (Lipinski definition) is 4. The first kappa shape index (κ1) is 14.6. The molecule has 0 radical (unpaired) electrons. The van der Waals surface area contributed by atoms with E-state index in [2.05, 4.69) is 35.1 Å². The van der Waals surface area contributed by atoms with Crippen LogP contribution >= 0.6 is 15.9 Å². The summed E-state index contributed by atoms with van der Waals surface area (Å²) in [4.78, 5) is 0.